The molecule has 1 saturated heterocycles. The number of piperidine rings is 1. The summed E-state index contributed by atoms with van der Waals surface area (Å²) in [5, 5.41) is 23.4. The van der Waals surface area contributed by atoms with Gasteiger partial charge in [-0.2, -0.15) is 5.26 Å². The van der Waals surface area contributed by atoms with Crippen molar-refractivity contribution in [2.75, 3.05) is 13.1 Å². The number of nitriles is 1. The molecule has 1 atom stereocenters. The molecule has 8 heteroatoms. The van der Waals surface area contributed by atoms with Crippen LogP contribution in [0.25, 0.3) is 21.0 Å². The lowest BCUT2D eigenvalue weighted by Gasteiger charge is -2.30. The molecule has 2 aliphatic rings. The van der Waals surface area contributed by atoms with E-state index in [-0.39, 0.29) is 24.3 Å². The fourth-order valence-corrected chi connectivity index (χ4v) is 5.95. The number of hydrogen-bond donors (Lipinski definition) is 2. The summed E-state index contributed by atoms with van der Waals surface area (Å²) in [6, 6.07) is 14.0. The Morgan fingerprint density at radius 3 is 2.81 bits per heavy atom. The SMILES string of the molecule is CC(C)Oc1ccc(-c2ncc(-c3cccc4c3CCC4NC(=O)N3CCC(O)CC3)s2)cc1C#N. The van der Waals surface area contributed by atoms with E-state index in [2.05, 4.69) is 28.5 Å². The summed E-state index contributed by atoms with van der Waals surface area (Å²) in [7, 11) is 0. The van der Waals surface area contributed by atoms with Crippen LogP contribution in [0.4, 0.5) is 4.79 Å². The van der Waals surface area contributed by atoms with E-state index in [0.29, 0.717) is 37.2 Å². The molecule has 186 valence electrons. The number of carbonyl (C=O) groups is 1. The molecule has 0 saturated carbocycles. The third-order valence-corrected chi connectivity index (χ3v) is 7.88. The van der Waals surface area contributed by atoms with E-state index in [1.54, 1.807) is 16.2 Å². The first-order chi connectivity index (χ1) is 17.4. The second-order valence-corrected chi connectivity index (χ2v) is 10.7. The van der Waals surface area contributed by atoms with Gasteiger partial charge in [-0.1, -0.05) is 18.2 Å². The lowest BCUT2D eigenvalue weighted by atomic mass is 10.0. The van der Waals surface area contributed by atoms with Gasteiger partial charge in [-0.25, -0.2) is 9.78 Å². The van der Waals surface area contributed by atoms with E-state index in [1.165, 1.54) is 5.56 Å². The zero-order chi connectivity index (χ0) is 25.2. The standard InChI is InChI=1S/C28H30N4O3S/c1-17(2)35-25-9-6-18(14-19(25)15-29)27-30-16-26(36-27)23-5-3-4-22-21(23)7-8-24(22)31-28(34)32-12-10-20(33)11-13-32/h3-6,9,14,16-17,20,24,33H,7-8,10-13H2,1-2H3,(H,31,34). The van der Waals surface area contributed by atoms with Crippen LogP contribution in [-0.2, 0) is 6.42 Å². The van der Waals surface area contributed by atoms with E-state index in [4.69, 9.17) is 4.74 Å². The fourth-order valence-electron chi connectivity index (χ4n) is 4.98. The number of aliphatic hydroxyl groups excluding tert-OH is 1. The van der Waals surface area contributed by atoms with Crippen LogP contribution in [-0.4, -0.2) is 46.3 Å². The third-order valence-electron chi connectivity index (χ3n) is 6.80. The van der Waals surface area contributed by atoms with Crippen molar-refractivity contribution < 1.29 is 14.6 Å². The van der Waals surface area contributed by atoms with Crippen LogP contribution >= 0.6 is 11.3 Å². The van der Waals surface area contributed by atoms with Gasteiger partial charge in [0.25, 0.3) is 0 Å². The van der Waals surface area contributed by atoms with E-state index < -0.39 is 0 Å². The van der Waals surface area contributed by atoms with Crippen molar-refractivity contribution in [1.82, 2.24) is 15.2 Å². The Kier molecular flexibility index (Phi) is 6.95. The van der Waals surface area contributed by atoms with Crippen LogP contribution in [0.5, 0.6) is 5.75 Å². The summed E-state index contributed by atoms with van der Waals surface area (Å²) in [6.07, 6.45) is 4.61. The largest absolute Gasteiger partial charge is 0.490 e. The zero-order valence-corrected chi connectivity index (χ0v) is 21.3. The van der Waals surface area contributed by atoms with E-state index >= 15 is 0 Å². The van der Waals surface area contributed by atoms with Gasteiger partial charge in [-0.15, -0.1) is 11.3 Å². The lowest BCUT2D eigenvalue weighted by Crippen LogP contribution is -2.46. The fraction of sp³-hybridized carbons (Fsp3) is 0.393. The van der Waals surface area contributed by atoms with Gasteiger partial charge in [0.15, 0.2) is 0 Å². The molecule has 2 amide bonds. The molecule has 2 heterocycles. The van der Waals surface area contributed by atoms with Crippen LogP contribution in [0.1, 0.15) is 55.8 Å². The number of likely N-dealkylation sites (tertiary alicyclic amines) is 1. The summed E-state index contributed by atoms with van der Waals surface area (Å²) in [4.78, 5) is 20.3. The summed E-state index contributed by atoms with van der Waals surface area (Å²) in [5.74, 6) is 0.586. The Hall–Kier alpha value is -3.41. The number of carbonyl (C=O) groups excluding carboxylic acids is 1. The Morgan fingerprint density at radius 2 is 2.06 bits per heavy atom. The molecule has 3 aromatic rings. The predicted molar refractivity (Wildman–Crippen MR) is 140 cm³/mol. The summed E-state index contributed by atoms with van der Waals surface area (Å²) >= 11 is 1.60. The monoisotopic (exact) mass is 502 g/mol. The molecule has 2 N–H and O–H groups in total. The van der Waals surface area contributed by atoms with Gasteiger partial charge >= 0.3 is 6.03 Å². The molecule has 0 bridgehead atoms. The van der Waals surface area contributed by atoms with Crippen molar-refractivity contribution >= 4 is 17.4 Å². The van der Waals surface area contributed by atoms with Crippen LogP contribution in [0.3, 0.4) is 0 Å². The number of urea groups is 1. The highest BCUT2D eigenvalue weighted by Gasteiger charge is 2.29. The number of aromatic nitrogens is 1. The number of hydrogen-bond acceptors (Lipinski definition) is 6. The number of ether oxygens (including phenoxy) is 1. The van der Waals surface area contributed by atoms with Gasteiger partial charge in [-0.05, 0) is 74.4 Å². The van der Waals surface area contributed by atoms with E-state index in [9.17, 15) is 15.2 Å². The summed E-state index contributed by atoms with van der Waals surface area (Å²) < 4.78 is 5.75. The van der Waals surface area contributed by atoms with Crippen LogP contribution < -0.4 is 10.1 Å². The second-order valence-electron chi connectivity index (χ2n) is 9.65. The average molecular weight is 503 g/mol. The van der Waals surface area contributed by atoms with Gasteiger partial charge in [-0.3, -0.25) is 0 Å². The molecule has 1 unspecified atom stereocenters. The first kappa shape index (κ1) is 24.3. The third kappa shape index (κ3) is 4.95. The maximum Gasteiger partial charge on any atom is 0.317 e. The molecule has 1 aliphatic carbocycles. The molecular formula is C28H30N4O3S. The van der Waals surface area contributed by atoms with Gasteiger partial charge in [0.1, 0.15) is 16.8 Å². The normalized spacial score (nSPS) is 17.6. The highest BCUT2D eigenvalue weighted by Crippen LogP contribution is 2.41. The van der Waals surface area contributed by atoms with Crippen molar-refractivity contribution in [1.29, 1.82) is 5.26 Å². The molecule has 7 nitrogen and oxygen atoms in total. The van der Waals surface area contributed by atoms with Gasteiger partial charge < -0.3 is 20.1 Å². The van der Waals surface area contributed by atoms with Crippen LogP contribution in [0.2, 0.25) is 0 Å². The Labute approximate surface area is 215 Å². The minimum Gasteiger partial charge on any atom is -0.490 e. The molecule has 0 radical (unpaired) electrons. The minimum atomic E-state index is -0.300. The van der Waals surface area contributed by atoms with Gasteiger partial charge in [0.05, 0.1) is 28.7 Å². The second kappa shape index (κ2) is 10.3. The van der Waals surface area contributed by atoms with Gasteiger partial charge in [0, 0.05) is 24.8 Å². The molecule has 36 heavy (non-hydrogen) atoms. The number of rotatable bonds is 5. The Morgan fingerprint density at radius 1 is 1.25 bits per heavy atom. The smallest absolute Gasteiger partial charge is 0.317 e. The highest BCUT2D eigenvalue weighted by atomic mass is 32.1. The topological polar surface area (TPSA) is 98.5 Å². The van der Waals surface area contributed by atoms with Crippen molar-refractivity contribution in [3.63, 3.8) is 0 Å². The van der Waals surface area contributed by atoms with Crippen molar-refractivity contribution in [3.8, 4) is 32.8 Å². The molecule has 5 rings (SSSR count). The molecule has 1 aliphatic heterocycles. The molecular weight excluding hydrogens is 472 g/mol. The maximum absolute atomic E-state index is 12.8. The Balaban J connectivity index is 1.35. The quantitative estimate of drug-likeness (QED) is 0.494. The lowest BCUT2D eigenvalue weighted by molar-refractivity contribution is 0.0928. The minimum absolute atomic E-state index is 0.00375. The van der Waals surface area contributed by atoms with E-state index in [1.807, 2.05) is 44.3 Å². The van der Waals surface area contributed by atoms with E-state index in [0.717, 1.165) is 39.4 Å². The number of fused-ring (bicyclic) bond motifs is 1. The number of benzene rings is 2. The highest BCUT2D eigenvalue weighted by molar-refractivity contribution is 7.18. The molecule has 1 fully saturated rings. The molecule has 0 spiro atoms. The number of nitrogens with one attached hydrogen (secondary N) is 1. The van der Waals surface area contributed by atoms with Gasteiger partial charge in [0.2, 0.25) is 0 Å². The van der Waals surface area contributed by atoms with Crippen LogP contribution in [0, 0.1) is 11.3 Å². The van der Waals surface area contributed by atoms with Crippen molar-refractivity contribution in [2.24, 2.45) is 0 Å². The first-order valence-corrected chi connectivity index (χ1v) is 13.3. The van der Waals surface area contributed by atoms with Crippen LogP contribution in [0.15, 0.2) is 42.6 Å². The summed E-state index contributed by atoms with van der Waals surface area (Å²) in [6.45, 7) is 5.06. The maximum atomic E-state index is 12.8. The number of aliphatic hydroxyl groups is 1. The average Bonchev–Trinajstić information content (AvgIpc) is 3.52. The number of amides is 2. The van der Waals surface area contributed by atoms with Crippen molar-refractivity contribution in [2.45, 2.75) is 57.8 Å². The summed E-state index contributed by atoms with van der Waals surface area (Å²) in [5.41, 5.74) is 4.96. The predicted octanol–water partition coefficient (Wildman–Crippen LogP) is 5.29. The Bertz CT molecular complexity index is 1300. The number of nitrogens with zero attached hydrogens (tertiary/aromatic N) is 3. The zero-order valence-electron chi connectivity index (χ0n) is 20.5. The van der Waals surface area contributed by atoms with Crippen molar-refractivity contribution in [3.05, 3.63) is 59.3 Å². The first-order valence-electron chi connectivity index (χ1n) is 12.5. The molecule has 1 aromatic heterocycles. The number of thiazole rings is 1. The molecule has 2 aromatic carbocycles.